The van der Waals surface area contributed by atoms with E-state index in [1.807, 2.05) is 38.2 Å². The molecule has 0 saturated heterocycles. The molecule has 0 amide bonds. The number of oxazole rings is 1. The zero-order chi connectivity index (χ0) is 11.3. The predicted molar refractivity (Wildman–Crippen MR) is 62.9 cm³/mol. The van der Waals surface area contributed by atoms with Crippen molar-refractivity contribution in [2.75, 3.05) is 0 Å². The molecule has 15 heavy (non-hydrogen) atoms. The van der Waals surface area contributed by atoms with Gasteiger partial charge in [-0.05, 0) is 13.8 Å². The van der Waals surface area contributed by atoms with E-state index in [0.29, 0.717) is 0 Å². The Morgan fingerprint density at radius 1 is 1.27 bits per heavy atom. The van der Waals surface area contributed by atoms with Crippen molar-refractivity contribution in [3.8, 4) is 0 Å². The van der Waals surface area contributed by atoms with Gasteiger partial charge in [-0.2, -0.15) is 0 Å². The van der Waals surface area contributed by atoms with Crippen LogP contribution in [0.25, 0.3) is 0 Å². The van der Waals surface area contributed by atoms with Gasteiger partial charge < -0.3 is 4.42 Å². The van der Waals surface area contributed by atoms with Crippen molar-refractivity contribution in [1.29, 1.82) is 0 Å². The van der Waals surface area contributed by atoms with Crippen LogP contribution in [0.2, 0.25) is 0 Å². The van der Waals surface area contributed by atoms with E-state index in [1.165, 1.54) is 0 Å². The Morgan fingerprint density at radius 3 is 2.53 bits per heavy atom. The summed E-state index contributed by atoms with van der Waals surface area (Å²) in [7, 11) is 0. The molecule has 1 atom stereocenters. The molecule has 1 aromatic rings. The molecule has 80 valence electrons. The van der Waals surface area contributed by atoms with Gasteiger partial charge in [-0.1, -0.05) is 43.9 Å². The van der Waals surface area contributed by atoms with Crippen LogP contribution in [0.5, 0.6) is 0 Å². The summed E-state index contributed by atoms with van der Waals surface area (Å²) in [6.07, 6.45) is 9.59. The summed E-state index contributed by atoms with van der Waals surface area (Å²) in [5.41, 5.74) is 0.965. The van der Waals surface area contributed by atoms with E-state index < -0.39 is 0 Å². The fraction of sp³-hybridized carbons (Fsp3) is 0.308. The van der Waals surface area contributed by atoms with Gasteiger partial charge in [0.25, 0.3) is 0 Å². The molecule has 0 spiro atoms. The number of nitrogens with zero attached hydrogens (tertiary/aromatic N) is 1. The molecule has 0 aliphatic carbocycles. The van der Waals surface area contributed by atoms with E-state index in [1.54, 1.807) is 6.08 Å². The monoisotopic (exact) mass is 203 g/mol. The Kier molecular flexibility index (Phi) is 4.10. The number of hydrogen-bond acceptors (Lipinski definition) is 2. The van der Waals surface area contributed by atoms with Gasteiger partial charge in [0, 0.05) is 0 Å². The van der Waals surface area contributed by atoms with Crippen LogP contribution in [0.1, 0.15) is 30.2 Å². The molecule has 2 heteroatoms. The number of rotatable bonds is 4. The van der Waals surface area contributed by atoms with Crippen molar-refractivity contribution in [2.24, 2.45) is 0 Å². The third kappa shape index (κ3) is 3.24. The van der Waals surface area contributed by atoms with Crippen molar-refractivity contribution in [2.45, 2.75) is 26.7 Å². The molecule has 0 radical (unpaired) electrons. The molecule has 0 fully saturated rings. The highest BCUT2D eigenvalue weighted by Gasteiger charge is 2.10. The molecule has 1 rings (SSSR count). The van der Waals surface area contributed by atoms with Gasteiger partial charge in [-0.15, -0.1) is 0 Å². The van der Waals surface area contributed by atoms with E-state index in [4.69, 9.17) is 4.42 Å². The van der Waals surface area contributed by atoms with Crippen LogP contribution in [0.15, 0.2) is 41.4 Å². The highest BCUT2D eigenvalue weighted by atomic mass is 16.4. The maximum Gasteiger partial charge on any atom is 0.201 e. The van der Waals surface area contributed by atoms with E-state index >= 15 is 0 Å². The highest BCUT2D eigenvalue weighted by Crippen LogP contribution is 2.18. The van der Waals surface area contributed by atoms with Crippen molar-refractivity contribution < 1.29 is 4.42 Å². The minimum Gasteiger partial charge on any atom is -0.445 e. The summed E-state index contributed by atoms with van der Waals surface area (Å²) in [6.45, 7) is 9.54. The molecule has 2 nitrogen and oxygen atoms in total. The number of hydrogen-bond donors (Lipinski definition) is 0. The summed E-state index contributed by atoms with van der Waals surface area (Å²) in [4.78, 5) is 4.35. The average molecular weight is 203 g/mol. The molecule has 1 aromatic heterocycles. The quantitative estimate of drug-likeness (QED) is 0.697. The van der Waals surface area contributed by atoms with Crippen molar-refractivity contribution in [3.05, 3.63) is 54.3 Å². The topological polar surface area (TPSA) is 26.0 Å². The second-order valence-electron chi connectivity index (χ2n) is 3.49. The van der Waals surface area contributed by atoms with Crippen LogP contribution in [0.3, 0.4) is 0 Å². The van der Waals surface area contributed by atoms with Gasteiger partial charge in [-0.3, -0.25) is 0 Å². The van der Waals surface area contributed by atoms with Crippen molar-refractivity contribution >= 4 is 0 Å². The van der Waals surface area contributed by atoms with E-state index in [9.17, 15) is 0 Å². The summed E-state index contributed by atoms with van der Waals surface area (Å²) in [5, 5.41) is 0. The lowest BCUT2D eigenvalue weighted by Gasteiger charge is -1.97. The van der Waals surface area contributed by atoms with Crippen LogP contribution >= 0.6 is 0 Å². The Balaban J connectivity index is 2.68. The third-order valence-corrected chi connectivity index (χ3v) is 2.19. The van der Waals surface area contributed by atoms with Gasteiger partial charge >= 0.3 is 0 Å². The fourth-order valence-electron chi connectivity index (χ4n) is 1.15. The molecule has 0 aliphatic rings. The predicted octanol–water partition coefficient (Wildman–Crippen LogP) is 3.69. The molecule has 0 N–H and O–H groups in total. The minimum atomic E-state index is 0.201. The second kappa shape index (κ2) is 5.35. The van der Waals surface area contributed by atoms with Crippen molar-refractivity contribution in [3.63, 3.8) is 0 Å². The molecular weight excluding hydrogens is 186 g/mol. The largest absolute Gasteiger partial charge is 0.445 e. The number of aromatic nitrogens is 1. The molecule has 0 aliphatic heterocycles. The second-order valence-corrected chi connectivity index (χ2v) is 3.49. The van der Waals surface area contributed by atoms with Gasteiger partial charge in [0.2, 0.25) is 5.89 Å². The van der Waals surface area contributed by atoms with Crippen LogP contribution in [0.4, 0.5) is 0 Å². The van der Waals surface area contributed by atoms with Crippen LogP contribution in [-0.2, 0) is 0 Å². The average Bonchev–Trinajstić information content (AvgIpc) is 2.54. The van der Waals surface area contributed by atoms with Gasteiger partial charge in [0.1, 0.15) is 5.76 Å². The summed E-state index contributed by atoms with van der Waals surface area (Å²) < 4.78 is 5.53. The molecule has 1 heterocycles. The smallest absolute Gasteiger partial charge is 0.201 e. The zero-order valence-corrected chi connectivity index (χ0v) is 9.53. The molecule has 1 unspecified atom stereocenters. The van der Waals surface area contributed by atoms with Crippen LogP contribution in [0, 0.1) is 13.8 Å². The summed E-state index contributed by atoms with van der Waals surface area (Å²) >= 11 is 0. The maximum absolute atomic E-state index is 5.53. The molecule has 0 aromatic carbocycles. The summed E-state index contributed by atoms with van der Waals surface area (Å²) in [5.74, 6) is 1.87. The minimum absolute atomic E-state index is 0.201. The zero-order valence-electron chi connectivity index (χ0n) is 9.53. The third-order valence-electron chi connectivity index (χ3n) is 2.19. The summed E-state index contributed by atoms with van der Waals surface area (Å²) in [6, 6.07) is 0. The first-order chi connectivity index (χ1) is 7.15. The Labute approximate surface area is 91.0 Å². The SMILES string of the molecule is C=C/C=C\C=C/C(C)c1nc(C)c(C)o1. The van der Waals surface area contributed by atoms with E-state index in [0.717, 1.165) is 17.3 Å². The van der Waals surface area contributed by atoms with E-state index in [-0.39, 0.29) is 5.92 Å². The van der Waals surface area contributed by atoms with Gasteiger partial charge in [-0.25, -0.2) is 4.98 Å². The first kappa shape index (κ1) is 11.5. The number of allylic oxidation sites excluding steroid dienone is 5. The van der Waals surface area contributed by atoms with Crippen molar-refractivity contribution in [1.82, 2.24) is 4.98 Å². The van der Waals surface area contributed by atoms with Gasteiger partial charge in [0.05, 0.1) is 11.6 Å². The van der Waals surface area contributed by atoms with Gasteiger partial charge in [0.15, 0.2) is 0 Å². The first-order valence-electron chi connectivity index (χ1n) is 5.05. The lowest BCUT2D eigenvalue weighted by Crippen LogP contribution is -1.88. The maximum atomic E-state index is 5.53. The van der Waals surface area contributed by atoms with Crippen LogP contribution in [-0.4, -0.2) is 4.98 Å². The number of aryl methyl sites for hydroxylation is 2. The molecular formula is C13H17NO. The standard InChI is InChI=1S/C13H17NO/c1-5-6-7-8-9-10(2)13-14-11(3)12(4)15-13/h5-10H,1H2,2-4H3/b7-6-,9-8-. The lowest BCUT2D eigenvalue weighted by molar-refractivity contribution is 0.461. The molecule has 0 saturated carbocycles. The normalized spacial score (nSPS) is 13.8. The molecule has 0 bridgehead atoms. The Bertz CT molecular complexity index is 366. The lowest BCUT2D eigenvalue weighted by atomic mass is 10.1. The highest BCUT2D eigenvalue weighted by molar-refractivity contribution is 5.15. The van der Waals surface area contributed by atoms with E-state index in [2.05, 4.69) is 18.5 Å². The van der Waals surface area contributed by atoms with Crippen LogP contribution < -0.4 is 0 Å². The Morgan fingerprint density at radius 2 is 2.00 bits per heavy atom. The fourth-order valence-corrected chi connectivity index (χ4v) is 1.15. The Hall–Kier alpha value is -1.57. The first-order valence-corrected chi connectivity index (χ1v) is 5.05.